The Morgan fingerprint density at radius 3 is 2.44 bits per heavy atom. The van der Waals surface area contributed by atoms with E-state index in [0.717, 1.165) is 36.9 Å². The molecular weight excluding hydrogens is 473 g/mol. The Labute approximate surface area is 178 Å². The van der Waals surface area contributed by atoms with Crippen molar-refractivity contribution in [3.05, 3.63) is 85.9 Å². The largest absolute Gasteiger partial charge is 0.493 e. The van der Waals surface area contributed by atoms with Crippen molar-refractivity contribution in [3.63, 3.8) is 0 Å². The van der Waals surface area contributed by atoms with Crippen molar-refractivity contribution in [1.82, 2.24) is 0 Å². The van der Waals surface area contributed by atoms with Crippen molar-refractivity contribution >= 4 is 39.9 Å². The molecule has 0 aromatic heterocycles. The van der Waals surface area contributed by atoms with Gasteiger partial charge in [0.05, 0.1) is 10.7 Å². The summed E-state index contributed by atoms with van der Waals surface area (Å²) in [6.45, 7) is 3.28. The van der Waals surface area contributed by atoms with Crippen LogP contribution in [-0.4, -0.2) is 7.11 Å². The van der Waals surface area contributed by atoms with Gasteiger partial charge >= 0.3 is 0 Å². The van der Waals surface area contributed by atoms with Gasteiger partial charge in [0.1, 0.15) is 6.61 Å². The molecule has 0 aliphatic rings. The molecule has 3 aromatic rings. The second kappa shape index (κ2) is 9.33. The van der Waals surface area contributed by atoms with Crippen LogP contribution >= 0.6 is 34.2 Å². The van der Waals surface area contributed by atoms with Crippen molar-refractivity contribution in [2.45, 2.75) is 20.1 Å². The third kappa shape index (κ3) is 5.30. The predicted octanol–water partition coefficient (Wildman–Crippen LogP) is 6.45. The minimum Gasteiger partial charge on any atom is -0.493 e. The van der Waals surface area contributed by atoms with Gasteiger partial charge in [0, 0.05) is 17.3 Å². The van der Waals surface area contributed by atoms with Crippen LogP contribution in [0.15, 0.2) is 60.7 Å². The maximum atomic E-state index is 6.03. The fourth-order valence-electron chi connectivity index (χ4n) is 2.72. The van der Waals surface area contributed by atoms with E-state index in [9.17, 15) is 0 Å². The number of hydrogen-bond acceptors (Lipinski definition) is 3. The molecule has 0 amide bonds. The van der Waals surface area contributed by atoms with Crippen LogP contribution in [-0.2, 0) is 13.2 Å². The van der Waals surface area contributed by atoms with Crippen molar-refractivity contribution < 1.29 is 9.47 Å². The molecule has 27 heavy (non-hydrogen) atoms. The third-order valence-corrected chi connectivity index (χ3v) is 5.27. The van der Waals surface area contributed by atoms with Crippen molar-refractivity contribution in [3.8, 4) is 11.5 Å². The summed E-state index contributed by atoms with van der Waals surface area (Å²) < 4.78 is 12.6. The van der Waals surface area contributed by atoms with Crippen molar-refractivity contribution in [2.24, 2.45) is 0 Å². The molecule has 0 aliphatic heterocycles. The number of para-hydroxylation sites is 1. The third-order valence-electron chi connectivity index (χ3n) is 4.21. The van der Waals surface area contributed by atoms with Crippen LogP contribution in [0.2, 0.25) is 5.02 Å². The highest BCUT2D eigenvalue weighted by Crippen LogP contribution is 2.35. The first-order chi connectivity index (χ1) is 13.1. The Kier molecular flexibility index (Phi) is 6.85. The number of halogens is 2. The Bertz CT molecular complexity index is 913. The molecule has 3 rings (SSSR count). The fourth-order valence-corrected chi connectivity index (χ4v) is 3.67. The van der Waals surface area contributed by atoms with E-state index in [0.29, 0.717) is 13.2 Å². The summed E-state index contributed by atoms with van der Waals surface area (Å²) >= 11 is 8.23. The molecule has 1 N–H and O–H groups in total. The van der Waals surface area contributed by atoms with Gasteiger partial charge in [-0.2, -0.15) is 0 Å². The number of aryl methyl sites for hydroxylation is 1. The molecule has 140 valence electrons. The minimum absolute atomic E-state index is 0.463. The van der Waals surface area contributed by atoms with Gasteiger partial charge in [-0.05, 0) is 76.5 Å². The highest BCUT2D eigenvalue weighted by molar-refractivity contribution is 14.1. The average Bonchev–Trinajstić information content (AvgIpc) is 2.67. The number of nitrogens with one attached hydrogen (secondary N) is 1. The quantitative estimate of drug-likeness (QED) is 0.384. The first kappa shape index (κ1) is 19.8. The summed E-state index contributed by atoms with van der Waals surface area (Å²) in [6, 6.07) is 20.0. The van der Waals surface area contributed by atoms with Gasteiger partial charge in [0.2, 0.25) is 0 Å². The van der Waals surface area contributed by atoms with E-state index in [1.807, 2.05) is 42.5 Å². The zero-order chi connectivity index (χ0) is 19.2. The maximum absolute atomic E-state index is 6.03. The van der Waals surface area contributed by atoms with E-state index >= 15 is 0 Å². The number of ether oxygens (including phenoxy) is 2. The lowest BCUT2D eigenvalue weighted by Crippen LogP contribution is -2.04. The molecule has 0 saturated heterocycles. The Morgan fingerprint density at radius 1 is 1.00 bits per heavy atom. The van der Waals surface area contributed by atoms with Crippen LogP contribution in [0.4, 0.5) is 5.69 Å². The summed E-state index contributed by atoms with van der Waals surface area (Å²) in [5.74, 6) is 1.49. The van der Waals surface area contributed by atoms with E-state index < -0.39 is 0 Å². The van der Waals surface area contributed by atoms with E-state index in [4.69, 9.17) is 21.1 Å². The number of methoxy groups -OCH3 is 1. The fraction of sp³-hybridized carbons (Fsp3) is 0.182. The van der Waals surface area contributed by atoms with Crippen molar-refractivity contribution in [1.29, 1.82) is 0 Å². The summed E-state index contributed by atoms with van der Waals surface area (Å²) in [4.78, 5) is 0. The van der Waals surface area contributed by atoms with Crippen LogP contribution in [0.1, 0.15) is 16.7 Å². The predicted molar refractivity (Wildman–Crippen MR) is 120 cm³/mol. The summed E-state index contributed by atoms with van der Waals surface area (Å²) in [5, 5.41) is 4.20. The lowest BCUT2D eigenvalue weighted by atomic mass is 10.1. The smallest absolute Gasteiger partial charge is 0.174 e. The maximum Gasteiger partial charge on any atom is 0.174 e. The van der Waals surface area contributed by atoms with Gasteiger partial charge in [0.15, 0.2) is 11.5 Å². The SMILES string of the molecule is COc1cc(CNc2ccccc2C)cc(I)c1OCc1ccc(Cl)cc1. The van der Waals surface area contributed by atoms with Gasteiger partial charge < -0.3 is 14.8 Å². The first-order valence-electron chi connectivity index (χ1n) is 8.60. The second-order valence-corrected chi connectivity index (χ2v) is 7.79. The molecule has 0 fully saturated rings. The summed E-state index contributed by atoms with van der Waals surface area (Å²) in [7, 11) is 1.67. The molecule has 3 nitrogen and oxygen atoms in total. The van der Waals surface area contributed by atoms with E-state index in [2.05, 4.69) is 53.0 Å². The average molecular weight is 494 g/mol. The van der Waals surface area contributed by atoms with Crippen LogP contribution in [0.3, 0.4) is 0 Å². The number of hydrogen-bond donors (Lipinski definition) is 1. The molecule has 0 aliphatic carbocycles. The lowest BCUT2D eigenvalue weighted by molar-refractivity contribution is 0.282. The lowest BCUT2D eigenvalue weighted by Gasteiger charge is -2.16. The molecule has 0 radical (unpaired) electrons. The second-order valence-electron chi connectivity index (χ2n) is 6.19. The van der Waals surface area contributed by atoms with E-state index in [1.54, 1.807) is 7.11 Å². The molecule has 0 spiro atoms. The monoisotopic (exact) mass is 493 g/mol. The topological polar surface area (TPSA) is 30.5 Å². The molecule has 0 bridgehead atoms. The number of rotatable bonds is 7. The highest BCUT2D eigenvalue weighted by Gasteiger charge is 2.12. The Hall–Kier alpha value is -1.92. The van der Waals surface area contributed by atoms with Gasteiger partial charge in [-0.3, -0.25) is 0 Å². The number of anilines is 1. The molecule has 0 saturated carbocycles. The van der Waals surface area contributed by atoms with E-state index in [-0.39, 0.29) is 0 Å². The van der Waals surface area contributed by atoms with Crippen LogP contribution in [0.5, 0.6) is 11.5 Å². The van der Waals surface area contributed by atoms with Crippen LogP contribution < -0.4 is 14.8 Å². The van der Waals surface area contributed by atoms with E-state index in [1.165, 1.54) is 5.56 Å². The van der Waals surface area contributed by atoms with Crippen LogP contribution in [0, 0.1) is 10.5 Å². The molecule has 0 unspecified atom stereocenters. The normalized spacial score (nSPS) is 10.5. The zero-order valence-electron chi connectivity index (χ0n) is 15.3. The van der Waals surface area contributed by atoms with Gasteiger partial charge in [-0.15, -0.1) is 0 Å². The van der Waals surface area contributed by atoms with Crippen molar-refractivity contribution in [2.75, 3.05) is 12.4 Å². The molecule has 0 atom stereocenters. The highest BCUT2D eigenvalue weighted by atomic mass is 127. The first-order valence-corrected chi connectivity index (χ1v) is 10.1. The molecule has 0 heterocycles. The standard InChI is InChI=1S/C22H21ClINO2/c1-15-5-3-4-6-20(15)25-13-17-11-19(24)22(21(12-17)26-2)27-14-16-7-9-18(23)10-8-16/h3-12,25H,13-14H2,1-2H3. The molecular formula is C22H21ClINO2. The van der Waals surface area contributed by atoms with Gasteiger partial charge in [-0.25, -0.2) is 0 Å². The summed E-state index contributed by atoms with van der Waals surface area (Å²) in [5.41, 5.74) is 4.55. The molecule has 3 aromatic carbocycles. The van der Waals surface area contributed by atoms with Crippen LogP contribution in [0.25, 0.3) is 0 Å². The molecule has 5 heteroatoms. The Morgan fingerprint density at radius 2 is 1.74 bits per heavy atom. The van der Waals surface area contributed by atoms with Gasteiger partial charge in [0.25, 0.3) is 0 Å². The zero-order valence-corrected chi connectivity index (χ0v) is 18.2. The number of benzene rings is 3. The minimum atomic E-state index is 0.463. The summed E-state index contributed by atoms with van der Waals surface area (Å²) in [6.07, 6.45) is 0. The Balaban J connectivity index is 1.72. The van der Waals surface area contributed by atoms with Gasteiger partial charge in [-0.1, -0.05) is 41.9 Å².